The predicted octanol–water partition coefficient (Wildman–Crippen LogP) is 4.10. The Kier molecular flexibility index (Phi) is 8.14. The first-order valence-corrected chi connectivity index (χ1v) is 14.5. The van der Waals surface area contributed by atoms with Gasteiger partial charge >= 0.3 is 6.07 Å². The van der Waals surface area contributed by atoms with Crippen LogP contribution in [-0.4, -0.2) is 51.5 Å². The summed E-state index contributed by atoms with van der Waals surface area (Å²) in [7, 11) is 0. The van der Waals surface area contributed by atoms with Crippen molar-refractivity contribution in [3.63, 3.8) is 0 Å². The van der Waals surface area contributed by atoms with Gasteiger partial charge in [0.2, 0.25) is 5.91 Å². The van der Waals surface area contributed by atoms with Crippen LogP contribution in [0.3, 0.4) is 0 Å². The van der Waals surface area contributed by atoms with Crippen molar-refractivity contribution in [2.75, 3.05) is 31.1 Å². The summed E-state index contributed by atoms with van der Waals surface area (Å²) in [6, 6.07) is 13.1. The van der Waals surface area contributed by atoms with Crippen LogP contribution in [0.25, 0.3) is 28.0 Å². The minimum atomic E-state index is -0.538. The second-order valence-corrected chi connectivity index (χ2v) is 11.5. The van der Waals surface area contributed by atoms with Gasteiger partial charge in [0, 0.05) is 43.3 Å². The lowest BCUT2D eigenvalue weighted by molar-refractivity contribution is -0.126. The lowest BCUT2D eigenvalue weighted by atomic mass is 9.96. The van der Waals surface area contributed by atoms with Crippen LogP contribution in [0.5, 0.6) is 0 Å². The summed E-state index contributed by atoms with van der Waals surface area (Å²) in [5.74, 6) is -0.705. The van der Waals surface area contributed by atoms with Gasteiger partial charge in [-0.15, -0.1) is 0 Å². The Morgan fingerprint density at radius 3 is 2.37 bits per heavy atom. The van der Waals surface area contributed by atoms with E-state index >= 15 is 4.39 Å². The van der Waals surface area contributed by atoms with Crippen LogP contribution in [0.2, 0.25) is 0 Å². The van der Waals surface area contributed by atoms with E-state index in [2.05, 4.69) is 17.6 Å². The first kappa shape index (κ1) is 29.6. The second-order valence-electron chi connectivity index (χ2n) is 11.5. The van der Waals surface area contributed by atoms with Gasteiger partial charge in [-0.2, -0.15) is 0 Å². The third kappa shape index (κ3) is 5.18. The first-order chi connectivity index (χ1) is 20.6. The summed E-state index contributed by atoms with van der Waals surface area (Å²) < 4.78 is 17.6. The summed E-state index contributed by atoms with van der Waals surface area (Å²) in [5.41, 5.74) is 4.01. The van der Waals surface area contributed by atoms with E-state index in [1.165, 1.54) is 16.7 Å². The number of nitrogens with one attached hydrogen (secondary N) is 1. The number of hydrogen-bond donors (Lipinski definition) is 1. The van der Waals surface area contributed by atoms with Gasteiger partial charge in [-0.3, -0.25) is 19.1 Å². The molecule has 1 aromatic carbocycles. The van der Waals surface area contributed by atoms with Crippen LogP contribution in [0, 0.1) is 18.8 Å². The Morgan fingerprint density at radius 2 is 1.77 bits per heavy atom. The molecule has 3 aromatic heterocycles. The van der Waals surface area contributed by atoms with E-state index in [0.29, 0.717) is 54.2 Å². The molecule has 0 atom stereocenters. The maximum atomic E-state index is 16.1. The molecule has 0 spiro atoms. The minimum Gasteiger partial charge on any atom is -0.366 e. The Labute approximate surface area is 250 Å². The predicted molar refractivity (Wildman–Crippen MR) is 166 cm³/mol. The second kappa shape index (κ2) is 11.8. The zero-order chi connectivity index (χ0) is 31.0. The maximum Gasteiger partial charge on any atom is 0.316 e. The maximum absolute atomic E-state index is 16.1. The van der Waals surface area contributed by atoms with Crippen molar-refractivity contribution in [3.8, 4) is 23.0 Å². The molecule has 4 aromatic rings. The molecule has 0 aliphatic carbocycles. The Hall–Kier alpha value is -4.84. The van der Waals surface area contributed by atoms with E-state index < -0.39 is 11.4 Å². The molecule has 8 nitrogen and oxygen atoms in total. The fourth-order valence-electron chi connectivity index (χ4n) is 5.84. The average Bonchev–Trinajstić information content (AvgIpc) is 3.00. The number of anilines is 1. The number of pyridine rings is 3. The van der Waals surface area contributed by atoms with Crippen molar-refractivity contribution in [2.45, 2.75) is 46.5 Å². The van der Waals surface area contributed by atoms with Gasteiger partial charge in [-0.25, -0.2) is 9.37 Å². The van der Waals surface area contributed by atoms with Crippen molar-refractivity contribution >= 4 is 22.6 Å². The van der Waals surface area contributed by atoms with Crippen LogP contribution < -0.4 is 15.7 Å². The van der Waals surface area contributed by atoms with Gasteiger partial charge in [0.05, 0.1) is 17.1 Å². The van der Waals surface area contributed by atoms with E-state index in [4.69, 9.17) is 10.2 Å². The van der Waals surface area contributed by atoms with E-state index in [9.17, 15) is 9.59 Å². The molecule has 0 radical (unpaired) electrons. The third-order valence-corrected chi connectivity index (χ3v) is 8.06. The van der Waals surface area contributed by atoms with Gasteiger partial charge in [0.25, 0.3) is 5.56 Å². The van der Waals surface area contributed by atoms with Crippen molar-refractivity contribution in [3.05, 3.63) is 93.8 Å². The molecule has 0 unspecified atom stereocenters. The molecule has 0 bridgehead atoms. The van der Waals surface area contributed by atoms with Crippen molar-refractivity contribution < 1.29 is 14.4 Å². The van der Waals surface area contributed by atoms with E-state index in [-0.39, 0.29) is 34.6 Å². The fourth-order valence-corrected chi connectivity index (χ4v) is 5.84. The Balaban J connectivity index is 1.91. The number of nitrogens with zero attached hydrogens (tertiary/aromatic N) is 5. The standard InChI is InChI=1S/C34H35FN6O2/c1-7-28(42)39-14-16-40(17-15-39)31-25-18-27(35)30(24-11-9-8-10-22(24)6)38-33(25)41(34(43)26(31)19-36)32-23(20(2)3)12-13-37-29(32)21(4)5/h7-13,18,20-21H,1,14-17H2,2-6H3/p+1. The lowest BCUT2D eigenvalue weighted by Gasteiger charge is -2.36. The fraction of sp³-hybridized carbons (Fsp3) is 0.324. The number of carbonyl (C=O) groups excluding carboxylic acids is 1. The van der Waals surface area contributed by atoms with Crippen LogP contribution in [0.4, 0.5) is 10.1 Å². The van der Waals surface area contributed by atoms with Crippen molar-refractivity contribution in [2.24, 2.45) is 0 Å². The highest BCUT2D eigenvalue weighted by molar-refractivity contribution is 5.96. The number of hydrogen-bond acceptors (Lipinski definition) is 5. The van der Waals surface area contributed by atoms with Gasteiger partial charge < -0.3 is 9.80 Å². The zero-order valence-corrected chi connectivity index (χ0v) is 25.2. The molecular weight excluding hydrogens is 543 g/mol. The summed E-state index contributed by atoms with van der Waals surface area (Å²) >= 11 is 0. The van der Waals surface area contributed by atoms with Crippen molar-refractivity contribution in [1.29, 1.82) is 0 Å². The molecule has 9 heteroatoms. The Bertz CT molecular complexity index is 1820. The van der Waals surface area contributed by atoms with Crippen LogP contribution in [-0.2, 0) is 4.79 Å². The molecule has 1 saturated heterocycles. The summed E-state index contributed by atoms with van der Waals surface area (Å²) in [4.78, 5) is 40.0. The highest BCUT2D eigenvalue weighted by Gasteiger charge is 2.31. The van der Waals surface area contributed by atoms with E-state index in [1.54, 1.807) is 11.1 Å². The lowest BCUT2D eigenvalue weighted by Crippen LogP contribution is -2.49. The molecule has 1 fully saturated rings. The SMILES string of the molecule is C=CC(=O)N1CCN(c2c(C#[NH+])c(=O)n(-c3c(C(C)C)ccnc3C(C)C)c3nc(-c4ccccc4C)c(F)cc23)CC1. The van der Waals surface area contributed by atoms with Crippen LogP contribution >= 0.6 is 0 Å². The first-order valence-electron chi connectivity index (χ1n) is 14.5. The minimum absolute atomic E-state index is 0.00843. The number of aromatic nitrogens is 3. The highest BCUT2D eigenvalue weighted by atomic mass is 19.1. The number of carbonyl (C=O) groups is 1. The number of amides is 1. The monoisotopic (exact) mass is 579 g/mol. The third-order valence-electron chi connectivity index (χ3n) is 8.06. The number of aryl methyl sites for hydroxylation is 1. The highest BCUT2D eigenvalue weighted by Crippen LogP contribution is 2.37. The molecule has 0 saturated carbocycles. The Morgan fingerprint density at radius 1 is 1.07 bits per heavy atom. The number of rotatable bonds is 6. The smallest absolute Gasteiger partial charge is 0.316 e. The molecule has 220 valence electrons. The largest absolute Gasteiger partial charge is 0.366 e. The average molecular weight is 580 g/mol. The zero-order valence-electron chi connectivity index (χ0n) is 25.2. The number of piperazine rings is 1. The van der Waals surface area contributed by atoms with Crippen LogP contribution in [0.1, 0.15) is 61.9 Å². The molecule has 1 aliphatic rings. The summed E-state index contributed by atoms with van der Waals surface area (Å²) in [6.45, 7) is 15.1. The number of halogens is 1. The van der Waals surface area contributed by atoms with E-state index in [1.807, 2.05) is 69.9 Å². The van der Waals surface area contributed by atoms with Gasteiger partial charge in [0.1, 0.15) is 11.5 Å². The number of benzene rings is 1. The summed E-state index contributed by atoms with van der Waals surface area (Å²) in [6.07, 6.45) is 3.03. The van der Waals surface area contributed by atoms with Crippen molar-refractivity contribution in [1.82, 2.24) is 19.4 Å². The van der Waals surface area contributed by atoms with Gasteiger partial charge in [-0.05, 0) is 48.1 Å². The molecular formula is C34H36FN6O2+. The number of fused-ring (bicyclic) bond motifs is 1. The molecule has 1 aliphatic heterocycles. The topological polar surface area (TPSA) is 95.1 Å². The molecule has 43 heavy (non-hydrogen) atoms. The van der Waals surface area contributed by atoms with E-state index in [0.717, 1.165) is 11.1 Å². The molecule has 4 heterocycles. The molecule has 1 amide bonds. The van der Waals surface area contributed by atoms with Gasteiger partial charge in [0.15, 0.2) is 11.2 Å². The molecule has 5 rings (SSSR count). The quantitative estimate of drug-likeness (QED) is 0.347. The summed E-state index contributed by atoms with van der Waals surface area (Å²) in [5, 5.41) is 8.64. The van der Waals surface area contributed by atoms with Gasteiger partial charge in [-0.1, -0.05) is 63.8 Å². The normalized spacial score (nSPS) is 13.6. The van der Waals surface area contributed by atoms with Crippen LogP contribution in [0.15, 0.2) is 60.0 Å². The molecule has 1 N–H and O–H groups in total.